The van der Waals surface area contributed by atoms with Gasteiger partial charge in [0.25, 0.3) is 15.9 Å². The fourth-order valence-corrected chi connectivity index (χ4v) is 3.72. The Labute approximate surface area is 171 Å². The molecule has 162 valence electrons. The number of benzene rings is 2. The number of rotatable bonds is 7. The van der Waals surface area contributed by atoms with Gasteiger partial charge in [0.1, 0.15) is 6.54 Å². The normalized spacial score (nSPS) is 11.6. The number of nitrogens with one attached hydrogen (secondary N) is 2. The standard InChI is InChI=1S/C19H19F3N2O5S/c1-12-4-3-5-15(8-12)24-30(27,28)16-9-14(7-6-13(16)2)18(26)29-10-17(25)23-11-19(20,21)22/h3-9,24H,10-11H2,1-2H3,(H,23,25). The zero-order valence-electron chi connectivity index (χ0n) is 16.0. The van der Waals surface area contributed by atoms with Crippen LogP contribution < -0.4 is 10.0 Å². The molecule has 0 fully saturated rings. The van der Waals surface area contributed by atoms with Crippen LogP contribution >= 0.6 is 0 Å². The van der Waals surface area contributed by atoms with E-state index in [1.54, 1.807) is 36.5 Å². The lowest BCUT2D eigenvalue weighted by molar-refractivity contribution is -0.140. The molecule has 0 heterocycles. The maximum absolute atomic E-state index is 12.7. The van der Waals surface area contributed by atoms with E-state index in [4.69, 9.17) is 0 Å². The van der Waals surface area contributed by atoms with Gasteiger partial charge < -0.3 is 10.1 Å². The first kappa shape index (κ1) is 23.2. The predicted octanol–water partition coefficient (Wildman–Crippen LogP) is 2.94. The summed E-state index contributed by atoms with van der Waals surface area (Å²) in [5, 5.41) is 1.56. The molecule has 0 radical (unpaired) electrons. The molecule has 2 aromatic carbocycles. The Morgan fingerprint density at radius 3 is 2.40 bits per heavy atom. The van der Waals surface area contributed by atoms with Crippen molar-refractivity contribution in [2.75, 3.05) is 17.9 Å². The van der Waals surface area contributed by atoms with Gasteiger partial charge in [-0.05, 0) is 49.2 Å². The number of esters is 1. The molecule has 2 N–H and O–H groups in total. The van der Waals surface area contributed by atoms with Crippen molar-refractivity contribution in [3.63, 3.8) is 0 Å². The Morgan fingerprint density at radius 1 is 1.07 bits per heavy atom. The average molecular weight is 444 g/mol. The molecule has 0 bridgehead atoms. The Kier molecular flexibility index (Phi) is 7.08. The summed E-state index contributed by atoms with van der Waals surface area (Å²) in [6, 6.07) is 10.4. The van der Waals surface area contributed by atoms with Crippen molar-refractivity contribution in [1.29, 1.82) is 0 Å². The molecule has 0 aliphatic heterocycles. The molecule has 2 aromatic rings. The summed E-state index contributed by atoms with van der Waals surface area (Å²) in [5.74, 6) is -2.19. The number of hydrogen-bond acceptors (Lipinski definition) is 5. The van der Waals surface area contributed by atoms with Crippen molar-refractivity contribution in [3.8, 4) is 0 Å². The van der Waals surface area contributed by atoms with Gasteiger partial charge in [0.05, 0.1) is 10.5 Å². The quantitative estimate of drug-likeness (QED) is 0.640. The van der Waals surface area contributed by atoms with Crippen LogP contribution in [-0.4, -0.2) is 39.6 Å². The molecule has 11 heteroatoms. The molecule has 0 atom stereocenters. The van der Waals surface area contributed by atoms with Gasteiger partial charge >= 0.3 is 12.1 Å². The summed E-state index contributed by atoms with van der Waals surface area (Å²) >= 11 is 0. The van der Waals surface area contributed by atoms with Gasteiger partial charge in [-0.15, -0.1) is 0 Å². The fourth-order valence-electron chi connectivity index (χ4n) is 2.40. The smallest absolute Gasteiger partial charge is 0.405 e. The lowest BCUT2D eigenvalue weighted by Gasteiger charge is -2.12. The van der Waals surface area contributed by atoms with E-state index in [0.29, 0.717) is 11.3 Å². The molecule has 0 aromatic heterocycles. The van der Waals surface area contributed by atoms with Crippen molar-refractivity contribution in [2.45, 2.75) is 24.9 Å². The Hall–Kier alpha value is -3.08. The number of amides is 1. The van der Waals surface area contributed by atoms with Crippen molar-refractivity contribution in [2.24, 2.45) is 0 Å². The highest BCUT2D eigenvalue weighted by molar-refractivity contribution is 7.92. The highest BCUT2D eigenvalue weighted by Crippen LogP contribution is 2.22. The summed E-state index contributed by atoms with van der Waals surface area (Å²) < 4.78 is 68.7. The van der Waals surface area contributed by atoms with Crippen molar-refractivity contribution < 1.29 is 35.9 Å². The number of ether oxygens (including phenoxy) is 1. The van der Waals surface area contributed by atoms with Gasteiger partial charge in [-0.25, -0.2) is 13.2 Å². The van der Waals surface area contributed by atoms with Gasteiger partial charge in [-0.1, -0.05) is 18.2 Å². The number of sulfonamides is 1. The highest BCUT2D eigenvalue weighted by atomic mass is 32.2. The summed E-state index contributed by atoms with van der Waals surface area (Å²) in [7, 11) is -4.04. The molecule has 0 aliphatic carbocycles. The number of aryl methyl sites for hydroxylation is 2. The molecule has 7 nitrogen and oxygen atoms in total. The number of carbonyl (C=O) groups excluding carboxylic acids is 2. The number of halogens is 3. The lowest BCUT2D eigenvalue weighted by atomic mass is 10.1. The SMILES string of the molecule is Cc1cccc(NS(=O)(=O)c2cc(C(=O)OCC(=O)NCC(F)(F)F)ccc2C)c1. The molecule has 0 aliphatic rings. The van der Waals surface area contributed by atoms with E-state index in [0.717, 1.165) is 11.6 Å². The predicted molar refractivity (Wildman–Crippen MR) is 103 cm³/mol. The molecule has 0 unspecified atom stereocenters. The van der Waals surface area contributed by atoms with Crippen molar-refractivity contribution in [3.05, 3.63) is 59.2 Å². The van der Waals surface area contributed by atoms with Crippen LogP contribution in [0.1, 0.15) is 21.5 Å². The van der Waals surface area contributed by atoms with Gasteiger partial charge in [-0.3, -0.25) is 9.52 Å². The van der Waals surface area contributed by atoms with Crippen LogP contribution in [0.2, 0.25) is 0 Å². The first-order valence-electron chi connectivity index (χ1n) is 8.58. The number of carbonyl (C=O) groups is 2. The van der Waals surface area contributed by atoms with Crippen molar-refractivity contribution >= 4 is 27.6 Å². The Morgan fingerprint density at radius 2 is 1.77 bits per heavy atom. The van der Waals surface area contributed by atoms with E-state index in [-0.39, 0.29) is 10.5 Å². The lowest BCUT2D eigenvalue weighted by Crippen LogP contribution is -2.36. The average Bonchev–Trinajstić information content (AvgIpc) is 2.63. The second-order valence-electron chi connectivity index (χ2n) is 6.42. The van der Waals surface area contributed by atoms with Crippen molar-refractivity contribution in [1.82, 2.24) is 5.32 Å². The van der Waals surface area contributed by atoms with Crippen LogP contribution in [0.3, 0.4) is 0 Å². The molecule has 2 rings (SSSR count). The maximum atomic E-state index is 12.7. The van der Waals surface area contributed by atoms with Crippen LogP contribution in [0.15, 0.2) is 47.4 Å². The summed E-state index contributed by atoms with van der Waals surface area (Å²) in [5.41, 5.74) is 1.36. The second kappa shape index (κ2) is 9.16. The Bertz CT molecular complexity index is 1050. The summed E-state index contributed by atoms with van der Waals surface area (Å²) in [6.45, 7) is 0.836. The molecule has 0 saturated heterocycles. The maximum Gasteiger partial charge on any atom is 0.405 e. The van der Waals surface area contributed by atoms with Gasteiger partial charge in [-0.2, -0.15) is 13.2 Å². The molecule has 30 heavy (non-hydrogen) atoms. The number of hydrogen-bond donors (Lipinski definition) is 2. The third-order valence-electron chi connectivity index (χ3n) is 3.80. The van der Waals surface area contributed by atoms with Crippen LogP contribution in [0.4, 0.5) is 18.9 Å². The van der Waals surface area contributed by atoms with Gasteiger partial charge in [0, 0.05) is 5.69 Å². The largest absolute Gasteiger partial charge is 0.452 e. The zero-order valence-corrected chi connectivity index (χ0v) is 16.9. The summed E-state index contributed by atoms with van der Waals surface area (Å²) in [4.78, 5) is 23.3. The van der Waals surface area contributed by atoms with Crippen LogP contribution in [0, 0.1) is 13.8 Å². The number of alkyl halides is 3. The van der Waals surface area contributed by atoms with Gasteiger partial charge in [0.2, 0.25) is 0 Å². The first-order valence-corrected chi connectivity index (χ1v) is 10.1. The monoisotopic (exact) mass is 444 g/mol. The van der Waals surface area contributed by atoms with E-state index in [2.05, 4.69) is 9.46 Å². The third kappa shape index (κ3) is 6.76. The van der Waals surface area contributed by atoms with E-state index in [1.807, 2.05) is 0 Å². The molecular weight excluding hydrogens is 425 g/mol. The fraction of sp³-hybridized carbons (Fsp3) is 0.263. The molecular formula is C19H19F3N2O5S. The molecule has 0 saturated carbocycles. The highest BCUT2D eigenvalue weighted by Gasteiger charge is 2.28. The van der Waals surface area contributed by atoms with Crippen LogP contribution in [0.5, 0.6) is 0 Å². The Balaban J connectivity index is 2.12. The number of anilines is 1. The van der Waals surface area contributed by atoms with E-state index < -0.39 is 41.2 Å². The molecule has 1 amide bonds. The van der Waals surface area contributed by atoms with E-state index >= 15 is 0 Å². The minimum atomic E-state index is -4.59. The minimum Gasteiger partial charge on any atom is -0.452 e. The summed E-state index contributed by atoms with van der Waals surface area (Å²) in [6.07, 6.45) is -4.59. The van der Waals surface area contributed by atoms with Gasteiger partial charge in [0.15, 0.2) is 6.61 Å². The first-order chi connectivity index (χ1) is 13.9. The third-order valence-corrected chi connectivity index (χ3v) is 5.33. The topological polar surface area (TPSA) is 102 Å². The van der Waals surface area contributed by atoms with Crippen LogP contribution in [0.25, 0.3) is 0 Å². The minimum absolute atomic E-state index is 0.172. The second-order valence-corrected chi connectivity index (χ2v) is 8.07. The van der Waals surface area contributed by atoms with Crippen LogP contribution in [-0.2, 0) is 19.6 Å². The van der Waals surface area contributed by atoms with E-state index in [1.165, 1.54) is 19.1 Å². The van der Waals surface area contributed by atoms with E-state index in [9.17, 15) is 31.2 Å². The molecule has 0 spiro atoms. The zero-order chi connectivity index (χ0) is 22.5.